The van der Waals surface area contributed by atoms with Gasteiger partial charge in [-0.3, -0.25) is 4.98 Å². The molecule has 0 amide bonds. The van der Waals surface area contributed by atoms with E-state index in [-0.39, 0.29) is 0 Å². The first-order chi connectivity index (χ1) is 6.72. The van der Waals surface area contributed by atoms with Crippen LogP contribution in [0.25, 0.3) is 0 Å². The van der Waals surface area contributed by atoms with Crippen LogP contribution >= 0.6 is 0 Å². The van der Waals surface area contributed by atoms with Crippen LogP contribution < -0.4 is 5.73 Å². The minimum atomic E-state index is 0.727. The molecule has 0 fully saturated rings. The van der Waals surface area contributed by atoms with Crippen molar-refractivity contribution >= 4 is 5.69 Å². The fourth-order valence-corrected chi connectivity index (χ4v) is 1.31. The van der Waals surface area contributed by atoms with Crippen molar-refractivity contribution in [2.24, 2.45) is 0 Å². The predicted molar refractivity (Wildman–Crippen MR) is 59.9 cm³/mol. The second-order valence-electron chi connectivity index (χ2n) is 3.67. The van der Waals surface area contributed by atoms with Crippen LogP contribution in [0.1, 0.15) is 25.5 Å². The van der Waals surface area contributed by atoms with E-state index in [1.165, 1.54) is 12.8 Å². The van der Waals surface area contributed by atoms with E-state index in [1.807, 2.05) is 12.1 Å². The van der Waals surface area contributed by atoms with Gasteiger partial charge in [0.05, 0.1) is 17.6 Å². The summed E-state index contributed by atoms with van der Waals surface area (Å²) >= 11 is 0. The maximum atomic E-state index is 5.56. The van der Waals surface area contributed by atoms with Crippen LogP contribution in [0, 0.1) is 0 Å². The van der Waals surface area contributed by atoms with Gasteiger partial charge in [0.1, 0.15) is 0 Å². The molecule has 0 aliphatic rings. The number of hydrogen-bond donors (Lipinski definition) is 1. The third-order valence-corrected chi connectivity index (χ3v) is 2.17. The summed E-state index contributed by atoms with van der Waals surface area (Å²) in [4.78, 5) is 6.54. The lowest BCUT2D eigenvalue weighted by Gasteiger charge is -2.15. The minimum absolute atomic E-state index is 0.727. The van der Waals surface area contributed by atoms with Crippen LogP contribution in [-0.4, -0.2) is 23.5 Å². The molecule has 1 aromatic rings. The Morgan fingerprint density at radius 3 is 2.79 bits per heavy atom. The van der Waals surface area contributed by atoms with Gasteiger partial charge in [-0.1, -0.05) is 13.3 Å². The van der Waals surface area contributed by atoms with Crippen molar-refractivity contribution in [3.8, 4) is 0 Å². The van der Waals surface area contributed by atoms with Crippen LogP contribution in [0.4, 0.5) is 5.69 Å². The highest BCUT2D eigenvalue weighted by molar-refractivity contribution is 5.34. The molecule has 3 nitrogen and oxygen atoms in total. The average Bonchev–Trinajstić information content (AvgIpc) is 2.18. The van der Waals surface area contributed by atoms with Gasteiger partial charge >= 0.3 is 0 Å². The van der Waals surface area contributed by atoms with Crippen molar-refractivity contribution in [1.82, 2.24) is 9.88 Å². The summed E-state index contributed by atoms with van der Waals surface area (Å²) in [6.07, 6.45) is 4.19. The topological polar surface area (TPSA) is 42.1 Å². The Morgan fingerprint density at radius 2 is 2.21 bits per heavy atom. The lowest BCUT2D eigenvalue weighted by Crippen LogP contribution is -2.19. The molecule has 1 heterocycles. The van der Waals surface area contributed by atoms with Crippen LogP contribution in [0.15, 0.2) is 18.3 Å². The summed E-state index contributed by atoms with van der Waals surface area (Å²) in [7, 11) is 2.12. The number of nitrogen functional groups attached to an aromatic ring is 1. The lowest BCUT2D eigenvalue weighted by molar-refractivity contribution is 0.317. The highest BCUT2D eigenvalue weighted by Gasteiger charge is 2.00. The summed E-state index contributed by atoms with van der Waals surface area (Å²) < 4.78 is 0. The van der Waals surface area contributed by atoms with Crippen molar-refractivity contribution in [2.75, 3.05) is 19.3 Å². The van der Waals surface area contributed by atoms with Crippen LogP contribution in [0.5, 0.6) is 0 Å². The van der Waals surface area contributed by atoms with E-state index >= 15 is 0 Å². The van der Waals surface area contributed by atoms with E-state index in [4.69, 9.17) is 5.73 Å². The summed E-state index contributed by atoms with van der Waals surface area (Å²) in [6, 6.07) is 3.88. The van der Waals surface area contributed by atoms with Crippen molar-refractivity contribution in [3.63, 3.8) is 0 Å². The summed E-state index contributed by atoms with van der Waals surface area (Å²) in [6.45, 7) is 4.23. The van der Waals surface area contributed by atoms with E-state index in [9.17, 15) is 0 Å². The Hall–Kier alpha value is -1.09. The molecule has 0 saturated carbocycles. The molecular formula is C11H19N3. The van der Waals surface area contributed by atoms with Crippen LogP contribution in [-0.2, 0) is 6.54 Å². The van der Waals surface area contributed by atoms with Gasteiger partial charge in [-0.25, -0.2) is 0 Å². The number of anilines is 1. The number of hydrogen-bond acceptors (Lipinski definition) is 3. The monoisotopic (exact) mass is 193 g/mol. The van der Waals surface area contributed by atoms with E-state index < -0.39 is 0 Å². The molecule has 0 bridgehead atoms. The summed E-state index contributed by atoms with van der Waals surface area (Å²) in [5, 5.41) is 0. The average molecular weight is 193 g/mol. The Balaban J connectivity index is 2.39. The maximum absolute atomic E-state index is 5.56. The molecule has 0 saturated heterocycles. The van der Waals surface area contributed by atoms with Crippen molar-refractivity contribution in [3.05, 3.63) is 24.0 Å². The lowest BCUT2D eigenvalue weighted by atomic mass is 10.3. The van der Waals surface area contributed by atoms with Gasteiger partial charge in [-0.2, -0.15) is 0 Å². The molecule has 1 aromatic heterocycles. The molecule has 0 aliphatic carbocycles. The van der Waals surface area contributed by atoms with E-state index in [0.29, 0.717) is 0 Å². The Bertz CT molecular complexity index is 256. The first-order valence-corrected chi connectivity index (χ1v) is 5.11. The van der Waals surface area contributed by atoms with Crippen LogP contribution in [0.3, 0.4) is 0 Å². The molecule has 0 aromatic carbocycles. The molecule has 0 radical (unpaired) electrons. The third-order valence-electron chi connectivity index (χ3n) is 2.17. The first kappa shape index (κ1) is 11.0. The molecule has 14 heavy (non-hydrogen) atoms. The fraction of sp³-hybridized carbons (Fsp3) is 0.545. The molecule has 0 unspecified atom stereocenters. The van der Waals surface area contributed by atoms with E-state index in [1.54, 1.807) is 6.20 Å². The zero-order chi connectivity index (χ0) is 10.4. The minimum Gasteiger partial charge on any atom is -0.397 e. The van der Waals surface area contributed by atoms with E-state index in [2.05, 4.69) is 23.9 Å². The number of pyridine rings is 1. The molecule has 78 valence electrons. The number of nitrogens with two attached hydrogens (primary N) is 1. The quantitative estimate of drug-likeness (QED) is 0.776. The standard InChI is InChI=1S/C11H19N3/c1-3-4-7-14(2)9-11-6-5-10(12)8-13-11/h5-6,8H,3-4,7,9,12H2,1-2H3. The number of rotatable bonds is 5. The fourth-order valence-electron chi connectivity index (χ4n) is 1.31. The van der Waals surface area contributed by atoms with Gasteiger partial charge in [-0.15, -0.1) is 0 Å². The third kappa shape index (κ3) is 3.75. The number of unbranched alkanes of at least 4 members (excludes halogenated alkanes) is 1. The highest BCUT2D eigenvalue weighted by Crippen LogP contribution is 2.04. The Labute approximate surface area is 85.9 Å². The first-order valence-electron chi connectivity index (χ1n) is 5.11. The smallest absolute Gasteiger partial charge is 0.0545 e. The molecular weight excluding hydrogens is 174 g/mol. The van der Waals surface area contributed by atoms with Gasteiger partial charge in [0, 0.05) is 6.54 Å². The van der Waals surface area contributed by atoms with Gasteiger partial charge in [0.15, 0.2) is 0 Å². The second kappa shape index (κ2) is 5.60. The number of aromatic nitrogens is 1. The maximum Gasteiger partial charge on any atom is 0.0545 e. The normalized spacial score (nSPS) is 10.8. The van der Waals surface area contributed by atoms with Gasteiger partial charge in [0.25, 0.3) is 0 Å². The Morgan fingerprint density at radius 1 is 1.43 bits per heavy atom. The van der Waals surface area contributed by atoms with Crippen LogP contribution in [0.2, 0.25) is 0 Å². The van der Waals surface area contributed by atoms with E-state index in [0.717, 1.165) is 24.5 Å². The molecule has 0 spiro atoms. The molecule has 1 rings (SSSR count). The molecule has 0 aliphatic heterocycles. The second-order valence-corrected chi connectivity index (χ2v) is 3.67. The molecule has 3 heteroatoms. The van der Waals surface area contributed by atoms with Gasteiger partial charge < -0.3 is 10.6 Å². The molecule has 0 atom stereocenters. The SMILES string of the molecule is CCCCN(C)Cc1ccc(N)cn1. The van der Waals surface area contributed by atoms with Gasteiger partial charge in [0.2, 0.25) is 0 Å². The summed E-state index contributed by atoms with van der Waals surface area (Å²) in [5.74, 6) is 0. The zero-order valence-electron chi connectivity index (χ0n) is 9.03. The van der Waals surface area contributed by atoms with Gasteiger partial charge in [-0.05, 0) is 32.1 Å². The Kier molecular flexibility index (Phi) is 4.40. The largest absolute Gasteiger partial charge is 0.397 e. The van der Waals surface area contributed by atoms with Crippen molar-refractivity contribution < 1.29 is 0 Å². The van der Waals surface area contributed by atoms with Crippen molar-refractivity contribution in [1.29, 1.82) is 0 Å². The zero-order valence-corrected chi connectivity index (χ0v) is 9.03. The number of nitrogens with zero attached hydrogens (tertiary/aromatic N) is 2. The summed E-state index contributed by atoms with van der Waals surface area (Å²) in [5.41, 5.74) is 7.37. The molecule has 2 N–H and O–H groups in total. The predicted octanol–water partition coefficient (Wildman–Crippen LogP) is 1.90. The highest BCUT2D eigenvalue weighted by atomic mass is 15.1. The van der Waals surface area contributed by atoms with Crippen molar-refractivity contribution in [2.45, 2.75) is 26.3 Å².